The highest BCUT2D eigenvalue weighted by Crippen LogP contribution is 2.39. The van der Waals surface area contributed by atoms with Crippen molar-refractivity contribution in [2.24, 2.45) is 0 Å². The van der Waals surface area contributed by atoms with E-state index in [1.165, 1.54) is 70.5 Å². The van der Waals surface area contributed by atoms with Gasteiger partial charge in [0.1, 0.15) is 0 Å². The average molecular weight is 590 g/mol. The Morgan fingerprint density at radius 2 is 0.933 bits per heavy atom. The van der Waals surface area contributed by atoms with Crippen LogP contribution in [-0.2, 0) is 6.42 Å². The van der Waals surface area contributed by atoms with Crippen molar-refractivity contribution in [1.29, 1.82) is 0 Å². The van der Waals surface area contributed by atoms with Crippen LogP contribution < -0.4 is 20.7 Å². The number of hydrogen-bond donors (Lipinski definition) is 0. The predicted molar refractivity (Wildman–Crippen MR) is 193 cm³/mol. The lowest BCUT2D eigenvalue weighted by molar-refractivity contribution is 1.17. The highest BCUT2D eigenvalue weighted by atomic mass is 28.3. The average Bonchev–Trinajstić information content (AvgIpc) is 3.65. The molecule has 7 aromatic carbocycles. The zero-order valence-electron chi connectivity index (χ0n) is 24.9. The minimum atomic E-state index is -2.67. The Kier molecular flexibility index (Phi) is 5.97. The van der Waals surface area contributed by atoms with Crippen LogP contribution in [0.25, 0.3) is 38.6 Å². The maximum atomic E-state index is 2.51. The van der Waals surface area contributed by atoms with Gasteiger partial charge in [-0.15, -0.1) is 0 Å². The third-order valence-electron chi connectivity index (χ3n) is 9.77. The molecule has 0 radical (unpaired) electrons. The minimum absolute atomic E-state index is 1.00. The van der Waals surface area contributed by atoms with Crippen molar-refractivity contribution in [1.82, 2.24) is 4.57 Å². The van der Waals surface area contributed by atoms with Gasteiger partial charge in [0.25, 0.3) is 0 Å². The number of hydrogen-bond acceptors (Lipinski definition) is 0. The van der Waals surface area contributed by atoms with Crippen molar-refractivity contribution in [3.63, 3.8) is 0 Å². The first-order valence-electron chi connectivity index (χ1n) is 15.7. The molecule has 0 N–H and O–H groups in total. The Morgan fingerprint density at radius 3 is 1.62 bits per heavy atom. The molecule has 0 bridgehead atoms. The van der Waals surface area contributed by atoms with E-state index in [1.54, 1.807) is 0 Å². The largest absolute Gasteiger partial charge is 0.309 e. The second kappa shape index (κ2) is 10.3. The zero-order chi connectivity index (χ0) is 29.8. The molecule has 0 unspecified atom stereocenters. The molecule has 0 amide bonds. The lowest BCUT2D eigenvalue weighted by Crippen LogP contribution is -2.74. The molecule has 1 aliphatic rings. The maximum Gasteiger partial charge on any atom is 0.179 e. The summed E-state index contributed by atoms with van der Waals surface area (Å²) in [5.41, 5.74) is 9.23. The molecular formula is C43H31NSi. The van der Waals surface area contributed by atoms with E-state index in [0.717, 1.165) is 6.42 Å². The molecule has 0 saturated heterocycles. The Labute approximate surface area is 264 Å². The smallest absolute Gasteiger partial charge is 0.179 e. The maximum absolute atomic E-state index is 2.67. The van der Waals surface area contributed by atoms with E-state index < -0.39 is 8.07 Å². The fourth-order valence-corrected chi connectivity index (χ4v) is 12.6. The number of aromatic nitrogens is 1. The number of benzene rings is 7. The molecule has 9 rings (SSSR count). The first-order valence-corrected chi connectivity index (χ1v) is 17.7. The van der Waals surface area contributed by atoms with Crippen molar-refractivity contribution in [2.45, 2.75) is 6.42 Å². The van der Waals surface area contributed by atoms with Crippen LogP contribution in [0.3, 0.4) is 0 Å². The first kappa shape index (κ1) is 26.0. The lowest BCUT2D eigenvalue weighted by Gasteiger charge is -2.34. The molecule has 45 heavy (non-hydrogen) atoms. The molecule has 0 aliphatic heterocycles. The van der Waals surface area contributed by atoms with Crippen LogP contribution in [0.15, 0.2) is 176 Å². The molecule has 1 heterocycles. The summed E-state index contributed by atoms with van der Waals surface area (Å²) in [5.74, 6) is 0. The number of rotatable bonds is 5. The highest BCUT2D eigenvalue weighted by Gasteiger charge is 2.41. The summed E-state index contributed by atoms with van der Waals surface area (Å²) in [6, 6.07) is 65.7. The van der Waals surface area contributed by atoms with Gasteiger partial charge in [0, 0.05) is 16.5 Å². The van der Waals surface area contributed by atoms with Crippen molar-refractivity contribution < 1.29 is 0 Å². The Bertz CT molecular complexity index is 2240. The van der Waals surface area contributed by atoms with Crippen LogP contribution in [0.1, 0.15) is 11.1 Å². The van der Waals surface area contributed by atoms with E-state index in [4.69, 9.17) is 0 Å². The van der Waals surface area contributed by atoms with E-state index in [9.17, 15) is 0 Å². The summed E-state index contributed by atoms with van der Waals surface area (Å²) in [4.78, 5) is 0. The van der Waals surface area contributed by atoms with Gasteiger partial charge in [-0.1, -0.05) is 152 Å². The summed E-state index contributed by atoms with van der Waals surface area (Å²) in [6.07, 6.45) is 1.00. The third-order valence-corrected chi connectivity index (χ3v) is 14.5. The van der Waals surface area contributed by atoms with E-state index in [2.05, 4.69) is 180 Å². The van der Waals surface area contributed by atoms with E-state index >= 15 is 0 Å². The molecule has 2 heteroatoms. The Balaban J connectivity index is 1.37. The van der Waals surface area contributed by atoms with Crippen LogP contribution in [0.4, 0.5) is 0 Å². The summed E-state index contributed by atoms with van der Waals surface area (Å²) < 4.78 is 2.50. The van der Waals surface area contributed by atoms with Crippen molar-refractivity contribution in [3.05, 3.63) is 187 Å². The van der Waals surface area contributed by atoms with Crippen molar-refractivity contribution in [2.75, 3.05) is 0 Å². The molecule has 212 valence electrons. The fraction of sp³-hybridized carbons (Fsp3) is 0.0233. The summed E-state index contributed by atoms with van der Waals surface area (Å²) in [5, 5.41) is 8.11. The molecule has 1 nitrogen and oxygen atoms in total. The topological polar surface area (TPSA) is 4.93 Å². The first-order chi connectivity index (χ1) is 22.3. The molecule has 0 atom stereocenters. The second-order valence-corrected chi connectivity index (χ2v) is 15.9. The van der Waals surface area contributed by atoms with Crippen LogP contribution in [-0.4, -0.2) is 12.6 Å². The fourth-order valence-electron chi connectivity index (χ4n) is 7.80. The molecule has 1 aliphatic carbocycles. The van der Waals surface area contributed by atoms with Crippen molar-refractivity contribution >= 4 is 50.6 Å². The van der Waals surface area contributed by atoms with Crippen LogP contribution in [0, 0.1) is 0 Å². The SMILES string of the molecule is c1ccc([Si](c2ccccc2)(c2ccccc2)c2ccc3c4ccccc4n(-c4ccc5c(c4)-c4ccccc4C5)c3c2)cc1. The van der Waals surface area contributed by atoms with Crippen LogP contribution in [0.2, 0.25) is 0 Å². The van der Waals surface area contributed by atoms with E-state index in [1.807, 2.05) is 0 Å². The normalized spacial score (nSPS) is 12.4. The van der Waals surface area contributed by atoms with Gasteiger partial charge in [0.15, 0.2) is 8.07 Å². The molecule has 0 spiro atoms. The number of nitrogens with zero attached hydrogens (tertiary/aromatic N) is 1. The summed E-state index contributed by atoms with van der Waals surface area (Å²) in [7, 11) is -2.67. The van der Waals surface area contributed by atoms with Crippen LogP contribution in [0.5, 0.6) is 0 Å². The van der Waals surface area contributed by atoms with Gasteiger partial charge in [-0.3, -0.25) is 0 Å². The van der Waals surface area contributed by atoms with Crippen molar-refractivity contribution in [3.8, 4) is 16.8 Å². The zero-order valence-corrected chi connectivity index (χ0v) is 25.9. The molecule has 1 aromatic heterocycles. The third kappa shape index (κ3) is 3.93. The van der Waals surface area contributed by atoms with Gasteiger partial charge in [0.05, 0.1) is 11.0 Å². The Hall–Kier alpha value is -5.44. The predicted octanol–water partition coefficient (Wildman–Crippen LogP) is 7.73. The second-order valence-electron chi connectivity index (χ2n) is 12.1. The van der Waals surface area contributed by atoms with E-state index in [0.29, 0.717) is 0 Å². The van der Waals surface area contributed by atoms with Gasteiger partial charge in [-0.05, 0) is 73.7 Å². The minimum Gasteiger partial charge on any atom is -0.309 e. The molecule has 0 saturated carbocycles. The van der Waals surface area contributed by atoms with Gasteiger partial charge in [-0.25, -0.2) is 0 Å². The number of fused-ring (bicyclic) bond motifs is 6. The quantitative estimate of drug-likeness (QED) is 0.143. The van der Waals surface area contributed by atoms with Crippen LogP contribution >= 0.6 is 0 Å². The molecular weight excluding hydrogens is 559 g/mol. The Morgan fingerprint density at radius 1 is 0.378 bits per heavy atom. The highest BCUT2D eigenvalue weighted by molar-refractivity contribution is 7.20. The van der Waals surface area contributed by atoms with Gasteiger partial charge in [0.2, 0.25) is 0 Å². The monoisotopic (exact) mass is 589 g/mol. The van der Waals surface area contributed by atoms with Gasteiger partial charge in [-0.2, -0.15) is 0 Å². The van der Waals surface area contributed by atoms with E-state index in [-0.39, 0.29) is 0 Å². The van der Waals surface area contributed by atoms with Gasteiger partial charge < -0.3 is 4.57 Å². The molecule has 8 aromatic rings. The van der Waals surface area contributed by atoms with Gasteiger partial charge >= 0.3 is 0 Å². The number of para-hydroxylation sites is 1. The standard InChI is InChI=1S/C43H31NSi/c1-4-15-34(16-5-1)45(35-17-6-2-7-18-35,36-19-8-3-9-20-36)37-26-27-40-39-22-12-13-23-42(39)44(43(40)30-37)33-25-24-32-28-31-14-10-11-21-38(31)41(32)29-33/h1-27,29-30H,28H2. The molecule has 0 fully saturated rings. The lowest BCUT2D eigenvalue weighted by atomic mass is 10.1. The summed E-state index contributed by atoms with van der Waals surface area (Å²) >= 11 is 0. The summed E-state index contributed by atoms with van der Waals surface area (Å²) in [6.45, 7) is 0.